The maximum Gasteiger partial charge on any atom is 0.126 e. The molecule has 200 valence electrons. The minimum atomic E-state index is -0.269. The Kier molecular flexibility index (Phi) is 5.47. The summed E-state index contributed by atoms with van der Waals surface area (Å²) in [7, 11) is 0. The normalized spacial score (nSPS) is 15.6. The molecule has 0 unspecified atom stereocenters. The Labute approximate surface area is 242 Å². The van der Waals surface area contributed by atoms with Gasteiger partial charge in [-0.3, -0.25) is 0 Å². The summed E-state index contributed by atoms with van der Waals surface area (Å²) in [6.45, 7) is 8.50. The summed E-state index contributed by atoms with van der Waals surface area (Å²) in [6.07, 6.45) is 0. The van der Waals surface area contributed by atoms with Gasteiger partial charge in [0.1, 0.15) is 11.3 Å². The number of hydrogen-bond donors (Lipinski definition) is 2. The molecule has 8 rings (SSSR count). The second kappa shape index (κ2) is 8.75. The van der Waals surface area contributed by atoms with Crippen molar-refractivity contribution in [3.8, 4) is 22.5 Å². The van der Waals surface area contributed by atoms with Gasteiger partial charge in [-0.1, -0.05) is 59.6 Å². The number of anilines is 2. The van der Waals surface area contributed by atoms with Crippen molar-refractivity contribution in [2.75, 3.05) is 10.6 Å². The van der Waals surface area contributed by atoms with E-state index < -0.39 is 0 Å². The zero-order valence-corrected chi connectivity index (χ0v) is 24.1. The Balaban J connectivity index is 0.000000132. The molecule has 0 saturated carbocycles. The zero-order chi connectivity index (χ0) is 27.8. The maximum atomic E-state index is 6.17. The number of fused-ring (bicyclic) bond motifs is 10. The molecule has 0 saturated heterocycles. The van der Waals surface area contributed by atoms with E-state index in [2.05, 4.69) is 59.8 Å². The van der Waals surface area contributed by atoms with Crippen molar-refractivity contribution in [3.05, 3.63) is 95.0 Å². The number of nitrogens with one attached hydrogen (secondary N) is 2. The molecular formula is C32H28Cl2N6. The van der Waals surface area contributed by atoms with Gasteiger partial charge in [-0.15, -0.1) is 0 Å². The summed E-state index contributed by atoms with van der Waals surface area (Å²) in [5, 5.41) is 20.3. The van der Waals surface area contributed by atoms with Crippen LogP contribution in [0.5, 0.6) is 0 Å². The Morgan fingerprint density at radius 2 is 0.975 bits per heavy atom. The minimum Gasteiger partial charge on any atom is -0.361 e. The largest absolute Gasteiger partial charge is 0.361 e. The SMILES string of the molecule is CC1(C)Nc2ccc(Cl)cc2-c2c3ccccc3nn21.CC1(C)Nc2ccc(Cl)cc2-c2c3ccccc3nn21. The van der Waals surface area contributed by atoms with Crippen LogP contribution in [0.15, 0.2) is 84.9 Å². The van der Waals surface area contributed by atoms with E-state index in [4.69, 9.17) is 33.4 Å². The smallest absolute Gasteiger partial charge is 0.126 e. The van der Waals surface area contributed by atoms with Gasteiger partial charge < -0.3 is 10.6 Å². The summed E-state index contributed by atoms with van der Waals surface area (Å²) < 4.78 is 4.10. The van der Waals surface area contributed by atoms with Gasteiger partial charge in [0.25, 0.3) is 0 Å². The average molecular weight is 568 g/mol. The molecule has 8 heteroatoms. The average Bonchev–Trinajstić information content (AvgIpc) is 3.51. The molecule has 4 aromatic carbocycles. The van der Waals surface area contributed by atoms with Crippen LogP contribution in [0, 0.1) is 0 Å². The van der Waals surface area contributed by atoms with Crippen molar-refractivity contribution in [3.63, 3.8) is 0 Å². The van der Waals surface area contributed by atoms with E-state index in [1.165, 1.54) is 0 Å². The molecule has 0 atom stereocenters. The van der Waals surface area contributed by atoms with Gasteiger partial charge in [0.2, 0.25) is 0 Å². The van der Waals surface area contributed by atoms with Crippen LogP contribution in [0.3, 0.4) is 0 Å². The number of benzene rings is 4. The highest BCUT2D eigenvalue weighted by Gasteiger charge is 2.33. The predicted octanol–water partition coefficient (Wildman–Crippen LogP) is 8.95. The lowest BCUT2D eigenvalue weighted by Gasteiger charge is -2.35. The fraction of sp³-hybridized carbons (Fsp3) is 0.188. The zero-order valence-electron chi connectivity index (χ0n) is 22.6. The summed E-state index contributed by atoms with van der Waals surface area (Å²) in [5.74, 6) is 0. The Morgan fingerprint density at radius 1 is 0.575 bits per heavy atom. The highest BCUT2D eigenvalue weighted by Crippen LogP contribution is 2.44. The quantitative estimate of drug-likeness (QED) is 0.192. The van der Waals surface area contributed by atoms with Gasteiger partial charge in [-0.2, -0.15) is 10.2 Å². The first-order valence-electron chi connectivity index (χ1n) is 13.3. The van der Waals surface area contributed by atoms with Crippen molar-refractivity contribution in [1.82, 2.24) is 19.6 Å². The molecule has 0 aliphatic carbocycles. The number of aromatic nitrogens is 4. The van der Waals surface area contributed by atoms with Crippen molar-refractivity contribution in [1.29, 1.82) is 0 Å². The fourth-order valence-corrected chi connectivity index (χ4v) is 6.15. The van der Waals surface area contributed by atoms with Crippen molar-refractivity contribution >= 4 is 56.4 Å². The molecule has 0 amide bonds. The minimum absolute atomic E-state index is 0.269. The summed E-state index contributed by atoms with van der Waals surface area (Å²) in [5.41, 5.74) is 8.12. The van der Waals surface area contributed by atoms with E-state index in [0.717, 1.165) is 65.7 Å². The second-order valence-corrected chi connectivity index (χ2v) is 12.2. The van der Waals surface area contributed by atoms with Crippen LogP contribution in [0.4, 0.5) is 11.4 Å². The standard InChI is InChI=1S/2C16H14ClN3/c2*1-16(2)18-13-8-7-10(17)9-12(13)15-11-5-3-4-6-14(11)19-20(15)16/h2*3-9,18H,1-2H3. The van der Waals surface area contributed by atoms with Crippen LogP contribution in [0.25, 0.3) is 44.3 Å². The molecule has 6 nitrogen and oxygen atoms in total. The van der Waals surface area contributed by atoms with Crippen LogP contribution >= 0.6 is 23.2 Å². The maximum absolute atomic E-state index is 6.17. The van der Waals surface area contributed by atoms with Crippen molar-refractivity contribution in [2.24, 2.45) is 0 Å². The molecule has 4 heterocycles. The molecule has 2 aromatic heterocycles. The lowest BCUT2D eigenvalue weighted by molar-refractivity contribution is 0.372. The first kappa shape index (κ1) is 25.0. The molecule has 0 spiro atoms. The first-order valence-corrected chi connectivity index (χ1v) is 14.0. The number of halogens is 2. The molecule has 2 N–H and O–H groups in total. The Hall–Kier alpha value is -4.00. The highest BCUT2D eigenvalue weighted by atomic mass is 35.5. The molecule has 2 aliphatic heterocycles. The van der Waals surface area contributed by atoms with E-state index in [0.29, 0.717) is 0 Å². The fourth-order valence-electron chi connectivity index (χ4n) is 5.80. The van der Waals surface area contributed by atoms with E-state index in [1.807, 2.05) is 72.8 Å². The molecule has 0 fully saturated rings. The summed E-state index contributed by atoms with van der Waals surface area (Å²) >= 11 is 12.3. The first-order chi connectivity index (χ1) is 19.1. The molecule has 6 aromatic rings. The van der Waals surface area contributed by atoms with E-state index in [9.17, 15) is 0 Å². The predicted molar refractivity (Wildman–Crippen MR) is 166 cm³/mol. The topological polar surface area (TPSA) is 59.7 Å². The van der Waals surface area contributed by atoms with Gasteiger partial charge in [-0.25, -0.2) is 9.36 Å². The van der Waals surface area contributed by atoms with Crippen molar-refractivity contribution in [2.45, 2.75) is 39.0 Å². The third kappa shape index (κ3) is 3.86. The summed E-state index contributed by atoms with van der Waals surface area (Å²) in [6, 6.07) is 28.3. The van der Waals surface area contributed by atoms with Gasteiger partial charge in [-0.05, 0) is 76.2 Å². The van der Waals surface area contributed by atoms with Crippen LogP contribution in [0.2, 0.25) is 10.0 Å². The Morgan fingerprint density at radius 3 is 1.40 bits per heavy atom. The molecule has 40 heavy (non-hydrogen) atoms. The van der Waals surface area contributed by atoms with Crippen molar-refractivity contribution < 1.29 is 0 Å². The lowest BCUT2D eigenvalue weighted by atomic mass is 10.0. The Bertz CT molecular complexity index is 1810. The van der Waals surface area contributed by atoms with E-state index >= 15 is 0 Å². The number of hydrogen-bond acceptors (Lipinski definition) is 4. The monoisotopic (exact) mass is 566 g/mol. The van der Waals surface area contributed by atoms with Crippen LogP contribution in [0.1, 0.15) is 27.7 Å². The van der Waals surface area contributed by atoms with Gasteiger partial charge in [0.05, 0.1) is 22.4 Å². The number of nitrogens with zero attached hydrogens (tertiary/aromatic N) is 4. The molecule has 0 radical (unpaired) electrons. The van der Waals surface area contributed by atoms with Gasteiger partial charge in [0, 0.05) is 43.3 Å². The highest BCUT2D eigenvalue weighted by molar-refractivity contribution is 6.31. The third-order valence-electron chi connectivity index (χ3n) is 7.57. The lowest BCUT2D eigenvalue weighted by Crippen LogP contribution is -2.39. The second-order valence-electron chi connectivity index (χ2n) is 11.3. The molecule has 2 aliphatic rings. The molecule has 0 bridgehead atoms. The molecular weight excluding hydrogens is 539 g/mol. The van der Waals surface area contributed by atoms with Crippen LogP contribution in [-0.4, -0.2) is 19.6 Å². The third-order valence-corrected chi connectivity index (χ3v) is 8.04. The van der Waals surface area contributed by atoms with Crippen LogP contribution < -0.4 is 10.6 Å². The number of rotatable bonds is 0. The van der Waals surface area contributed by atoms with Gasteiger partial charge in [0.15, 0.2) is 0 Å². The van der Waals surface area contributed by atoms with E-state index in [1.54, 1.807) is 0 Å². The van der Waals surface area contributed by atoms with E-state index in [-0.39, 0.29) is 11.3 Å². The summed E-state index contributed by atoms with van der Waals surface area (Å²) in [4.78, 5) is 0. The van der Waals surface area contributed by atoms with Crippen LogP contribution in [-0.2, 0) is 11.3 Å². The van der Waals surface area contributed by atoms with Gasteiger partial charge >= 0.3 is 0 Å².